The predicted molar refractivity (Wildman–Crippen MR) is 68.0 cm³/mol. The second-order valence-electron chi connectivity index (χ2n) is 4.88. The average molecular weight is 243 g/mol. The fraction of sp³-hybridized carbons (Fsp3) is 0.917. The van der Waals surface area contributed by atoms with Gasteiger partial charge in [0.2, 0.25) is 5.91 Å². The quantitative estimate of drug-likeness (QED) is 0.679. The highest BCUT2D eigenvalue weighted by Crippen LogP contribution is 2.06. The van der Waals surface area contributed by atoms with Crippen LogP contribution in [0.25, 0.3) is 0 Å². The number of nitrogens with zero attached hydrogens (tertiary/aromatic N) is 1. The standard InChI is InChI=1S/C12H25N3O2/c1-10(15(2)3)8-14-12(16)9-17-11-4-6-13-7-5-11/h10-11,13H,4-9H2,1-3H3,(H,14,16). The Hall–Kier alpha value is -0.650. The molecule has 1 unspecified atom stereocenters. The van der Waals surface area contributed by atoms with E-state index >= 15 is 0 Å². The van der Waals surface area contributed by atoms with Crippen molar-refractivity contribution >= 4 is 5.91 Å². The number of hydrogen-bond acceptors (Lipinski definition) is 4. The van der Waals surface area contributed by atoms with Crippen molar-refractivity contribution in [3.63, 3.8) is 0 Å². The second kappa shape index (κ2) is 7.63. The number of hydrogen-bond donors (Lipinski definition) is 2. The van der Waals surface area contributed by atoms with Crippen LogP contribution in [0.4, 0.5) is 0 Å². The van der Waals surface area contributed by atoms with Crippen LogP contribution in [0, 0.1) is 0 Å². The summed E-state index contributed by atoms with van der Waals surface area (Å²) in [7, 11) is 4.00. The van der Waals surface area contributed by atoms with Gasteiger partial charge in [-0.25, -0.2) is 0 Å². The number of piperidine rings is 1. The summed E-state index contributed by atoms with van der Waals surface area (Å²) < 4.78 is 5.57. The molecule has 1 aliphatic heterocycles. The van der Waals surface area contributed by atoms with Crippen molar-refractivity contribution in [2.45, 2.75) is 31.9 Å². The number of rotatable bonds is 6. The van der Waals surface area contributed by atoms with Gasteiger partial charge in [0.25, 0.3) is 0 Å². The maximum absolute atomic E-state index is 11.5. The van der Waals surface area contributed by atoms with Gasteiger partial charge in [-0.3, -0.25) is 4.79 Å². The maximum Gasteiger partial charge on any atom is 0.246 e. The Morgan fingerprint density at radius 2 is 2.12 bits per heavy atom. The molecular weight excluding hydrogens is 218 g/mol. The van der Waals surface area contributed by atoms with Crippen LogP contribution in [-0.2, 0) is 9.53 Å². The molecule has 0 aromatic rings. The molecule has 1 aliphatic rings. The molecule has 2 N–H and O–H groups in total. The van der Waals surface area contributed by atoms with Gasteiger partial charge < -0.3 is 20.3 Å². The summed E-state index contributed by atoms with van der Waals surface area (Å²) in [5.41, 5.74) is 0. The van der Waals surface area contributed by atoms with Gasteiger partial charge in [0, 0.05) is 12.6 Å². The average Bonchev–Trinajstić information content (AvgIpc) is 2.34. The van der Waals surface area contributed by atoms with Crippen LogP contribution < -0.4 is 10.6 Å². The van der Waals surface area contributed by atoms with E-state index in [1.807, 2.05) is 14.1 Å². The number of amides is 1. The first-order valence-electron chi connectivity index (χ1n) is 6.35. The van der Waals surface area contributed by atoms with Crippen LogP contribution in [-0.4, -0.2) is 63.3 Å². The van der Waals surface area contributed by atoms with Crippen LogP contribution >= 0.6 is 0 Å². The second-order valence-corrected chi connectivity index (χ2v) is 4.88. The Bertz CT molecular complexity index is 228. The Balaban J connectivity index is 2.08. The van der Waals surface area contributed by atoms with Gasteiger partial charge in [-0.15, -0.1) is 0 Å². The largest absolute Gasteiger partial charge is 0.368 e. The molecule has 1 atom stereocenters. The first-order valence-corrected chi connectivity index (χ1v) is 6.35. The minimum absolute atomic E-state index is 0.0165. The summed E-state index contributed by atoms with van der Waals surface area (Å²) in [6.45, 7) is 4.91. The minimum Gasteiger partial charge on any atom is -0.368 e. The molecule has 1 rings (SSSR count). The van der Waals surface area contributed by atoms with Crippen LogP contribution in [0.15, 0.2) is 0 Å². The Morgan fingerprint density at radius 1 is 1.47 bits per heavy atom. The lowest BCUT2D eigenvalue weighted by Crippen LogP contribution is -2.40. The lowest BCUT2D eigenvalue weighted by Gasteiger charge is -2.23. The molecule has 100 valence electrons. The summed E-state index contributed by atoms with van der Waals surface area (Å²) in [6.07, 6.45) is 2.25. The van der Waals surface area contributed by atoms with Crippen molar-refractivity contribution in [3.8, 4) is 0 Å². The van der Waals surface area contributed by atoms with Gasteiger partial charge in [0.05, 0.1) is 6.10 Å². The number of likely N-dealkylation sites (N-methyl/N-ethyl adjacent to an activating group) is 1. The molecule has 0 bridgehead atoms. The van der Waals surface area contributed by atoms with E-state index in [0.717, 1.165) is 25.9 Å². The Morgan fingerprint density at radius 3 is 2.71 bits per heavy atom. The zero-order valence-electron chi connectivity index (χ0n) is 11.2. The fourth-order valence-electron chi connectivity index (χ4n) is 1.65. The van der Waals surface area contributed by atoms with E-state index < -0.39 is 0 Å². The molecule has 5 heteroatoms. The lowest BCUT2D eigenvalue weighted by atomic mass is 10.1. The summed E-state index contributed by atoms with van der Waals surface area (Å²) in [4.78, 5) is 13.6. The van der Waals surface area contributed by atoms with Crippen molar-refractivity contribution in [2.75, 3.05) is 40.3 Å². The highest BCUT2D eigenvalue weighted by atomic mass is 16.5. The van der Waals surface area contributed by atoms with Crippen molar-refractivity contribution in [3.05, 3.63) is 0 Å². The first-order chi connectivity index (χ1) is 8.09. The molecule has 5 nitrogen and oxygen atoms in total. The van der Waals surface area contributed by atoms with Gasteiger partial charge in [-0.1, -0.05) is 0 Å². The fourth-order valence-corrected chi connectivity index (χ4v) is 1.65. The highest BCUT2D eigenvalue weighted by molar-refractivity contribution is 5.77. The molecule has 1 amide bonds. The van der Waals surface area contributed by atoms with Gasteiger partial charge in [0.15, 0.2) is 0 Å². The molecular formula is C12H25N3O2. The Kier molecular flexibility index (Phi) is 6.47. The number of nitrogens with one attached hydrogen (secondary N) is 2. The van der Waals surface area contributed by atoms with Crippen LogP contribution in [0.2, 0.25) is 0 Å². The van der Waals surface area contributed by atoms with Gasteiger partial charge >= 0.3 is 0 Å². The van der Waals surface area contributed by atoms with Crippen molar-refractivity contribution in [1.29, 1.82) is 0 Å². The van der Waals surface area contributed by atoms with E-state index in [4.69, 9.17) is 4.74 Å². The van der Waals surface area contributed by atoms with Gasteiger partial charge in [-0.05, 0) is 47.0 Å². The van der Waals surface area contributed by atoms with E-state index in [1.54, 1.807) is 0 Å². The first kappa shape index (κ1) is 14.4. The molecule has 1 heterocycles. The van der Waals surface area contributed by atoms with Crippen molar-refractivity contribution < 1.29 is 9.53 Å². The molecule has 0 aliphatic carbocycles. The summed E-state index contributed by atoms with van der Waals surface area (Å²) in [5.74, 6) is -0.0165. The van der Waals surface area contributed by atoms with Crippen LogP contribution in [0.5, 0.6) is 0 Å². The third-order valence-electron chi connectivity index (χ3n) is 3.21. The van der Waals surface area contributed by atoms with E-state index in [0.29, 0.717) is 12.6 Å². The third-order valence-corrected chi connectivity index (χ3v) is 3.21. The predicted octanol–water partition coefficient (Wildman–Crippen LogP) is -0.179. The SMILES string of the molecule is CC(CNC(=O)COC1CCNCC1)N(C)C. The summed E-state index contributed by atoms with van der Waals surface area (Å²) in [6, 6.07) is 0.345. The van der Waals surface area contributed by atoms with Crippen LogP contribution in [0.3, 0.4) is 0 Å². The number of ether oxygens (including phenoxy) is 1. The zero-order chi connectivity index (χ0) is 12.7. The maximum atomic E-state index is 11.5. The van der Waals surface area contributed by atoms with Crippen molar-refractivity contribution in [1.82, 2.24) is 15.5 Å². The van der Waals surface area contributed by atoms with E-state index in [9.17, 15) is 4.79 Å². The van der Waals surface area contributed by atoms with E-state index in [1.165, 1.54) is 0 Å². The van der Waals surface area contributed by atoms with Gasteiger partial charge in [-0.2, -0.15) is 0 Å². The summed E-state index contributed by atoms with van der Waals surface area (Å²) in [5, 5.41) is 6.15. The topological polar surface area (TPSA) is 53.6 Å². The molecule has 0 radical (unpaired) electrons. The van der Waals surface area contributed by atoms with Crippen molar-refractivity contribution in [2.24, 2.45) is 0 Å². The molecule has 0 saturated carbocycles. The normalized spacial score (nSPS) is 19.3. The molecule has 0 aromatic heterocycles. The molecule has 0 spiro atoms. The summed E-state index contributed by atoms with van der Waals surface area (Å²) >= 11 is 0. The monoisotopic (exact) mass is 243 g/mol. The zero-order valence-corrected chi connectivity index (χ0v) is 11.2. The number of carbonyl (C=O) groups is 1. The minimum atomic E-state index is -0.0165. The molecule has 1 fully saturated rings. The van der Waals surface area contributed by atoms with E-state index in [2.05, 4.69) is 22.5 Å². The van der Waals surface area contributed by atoms with E-state index in [-0.39, 0.29) is 18.6 Å². The number of carbonyl (C=O) groups excluding carboxylic acids is 1. The van der Waals surface area contributed by atoms with Crippen LogP contribution in [0.1, 0.15) is 19.8 Å². The molecule has 0 aromatic carbocycles. The Labute approximate surface area is 104 Å². The highest BCUT2D eigenvalue weighted by Gasteiger charge is 2.15. The smallest absolute Gasteiger partial charge is 0.246 e. The molecule has 1 saturated heterocycles. The van der Waals surface area contributed by atoms with Gasteiger partial charge in [0.1, 0.15) is 6.61 Å². The lowest BCUT2D eigenvalue weighted by molar-refractivity contribution is -0.128. The third kappa shape index (κ3) is 6.00. The molecule has 17 heavy (non-hydrogen) atoms.